The molecule has 3 rings (SSSR count). The molecule has 0 saturated heterocycles. The Bertz CT molecular complexity index is 1160. The summed E-state index contributed by atoms with van der Waals surface area (Å²) >= 11 is 0. The van der Waals surface area contributed by atoms with Crippen molar-refractivity contribution < 1.29 is 19.9 Å². The van der Waals surface area contributed by atoms with Crippen LogP contribution in [0.4, 0.5) is 5.69 Å². The number of ether oxygens (including phenoxy) is 1. The van der Waals surface area contributed by atoms with Crippen LogP contribution in [0.1, 0.15) is 11.3 Å². The molecule has 0 aliphatic carbocycles. The van der Waals surface area contributed by atoms with Crippen LogP contribution in [0.2, 0.25) is 0 Å². The number of aromatic nitrogens is 1. The van der Waals surface area contributed by atoms with E-state index in [2.05, 4.69) is 0 Å². The van der Waals surface area contributed by atoms with Gasteiger partial charge in [0.1, 0.15) is 11.4 Å². The zero-order valence-electron chi connectivity index (χ0n) is 18.2. The van der Waals surface area contributed by atoms with E-state index in [1.807, 2.05) is 33.1 Å². The van der Waals surface area contributed by atoms with Crippen molar-refractivity contribution in [1.29, 1.82) is 0 Å². The van der Waals surface area contributed by atoms with Gasteiger partial charge >= 0.3 is 5.69 Å². The molecule has 0 unspecified atom stereocenters. The largest absolute Gasteiger partial charge is 0.508 e. The van der Waals surface area contributed by atoms with Crippen LogP contribution >= 0.6 is 0 Å². The Kier molecular flexibility index (Phi) is 6.07. The lowest BCUT2D eigenvalue weighted by atomic mass is 10.1. The number of rotatable bonds is 7. The van der Waals surface area contributed by atoms with Crippen LogP contribution in [0.5, 0.6) is 17.2 Å². The second-order valence-electron chi connectivity index (χ2n) is 7.66. The number of methoxy groups -OCH3 is 1. The van der Waals surface area contributed by atoms with Crippen LogP contribution in [-0.2, 0) is 6.54 Å². The minimum atomic E-state index is -0.423. The Balaban J connectivity index is 2.51. The molecule has 0 spiro atoms. The van der Waals surface area contributed by atoms with Crippen molar-refractivity contribution in [2.24, 2.45) is 0 Å². The normalized spacial score (nSPS) is 11.5. The SMILES string of the molecule is COc1ccc(-n2c(C=CN(C)C)c([N+](=O)[O-])c3ccc(O)c(CN(C)C)c32)cc1O. The number of hydrogen-bond acceptors (Lipinski definition) is 7. The highest BCUT2D eigenvalue weighted by Crippen LogP contribution is 2.42. The zero-order valence-corrected chi connectivity index (χ0v) is 18.2. The zero-order chi connectivity index (χ0) is 22.9. The molecule has 0 aliphatic rings. The molecular weight excluding hydrogens is 400 g/mol. The minimum Gasteiger partial charge on any atom is -0.508 e. The minimum absolute atomic E-state index is 0.0377. The molecule has 2 aromatic carbocycles. The van der Waals surface area contributed by atoms with Crippen molar-refractivity contribution in [1.82, 2.24) is 14.4 Å². The van der Waals surface area contributed by atoms with Crippen LogP contribution in [0.3, 0.4) is 0 Å². The standard InChI is InChI=1S/C22H26N4O5/c1-23(2)11-10-17-22(26(29)30)15-7-8-18(27)16(13-24(3)4)21(15)25(17)14-6-9-20(31-5)19(28)12-14/h6-12,27-28H,13H2,1-5H3. The Morgan fingerprint density at radius 2 is 1.84 bits per heavy atom. The molecule has 0 amide bonds. The molecule has 1 aromatic heterocycles. The fraction of sp³-hybridized carbons (Fsp3) is 0.273. The summed E-state index contributed by atoms with van der Waals surface area (Å²) < 4.78 is 6.82. The summed E-state index contributed by atoms with van der Waals surface area (Å²) in [7, 11) is 8.79. The van der Waals surface area contributed by atoms with Crippen LogP contribution in [0.15, 0.2) is 36.5 Å². The molecule has 9 nitrogen and oxygen atoms in total. The predicted octanol–water partition coefficient (Wildman–Crippen LogP) is 3.55. The van der Waals surface area contributed by atoms with Crippen molar-refractivity contribution in [3.63, 3.8) is 0 Å². The van der Waals surface area contributed by atoms with Crippen LogP contribution < -0.4 is 4.74 Å². The Labute approximate surface area is 180 Å². The first kappa shape index (κ1) is 22.0. The maximum Gasteiger partial charge on any atom is 0.302 e. The van der Waals surface area contributed by atoms with Gasteiger partial charge in [-0.25, -0.2) is 0 Å². The van der Waals surface area contributed by atoms with Gasteiger partial charge in [0.25, 0.3) is 0 Å². The summed E-state index contributed by atoms with van der Waals surface area (Å²) in [6.45, 7) is 0.364. The number of aromatic hydroxyl groups is 2. The monoisotopic (exact) mass is 426 g/mol. The molecule has 3 aromatic rings. The number of benzene rings is 2. The molecule has 2 N–H and O–H groups in total. The van der Waals surface area contributed by atoms with Crippen molar-refractivity contribution in [3.8, 4) is 22.9 Å². The quantitative estimate of drug-likeness (QED) is 0.440. The highest BCUT2D eigenvalue weighted by Gasteiger charge is 2.29. The first-order chi connectivity index (χ1) is 14.6. The Hall–Kier alpha value is -3.72. The molecule has 1 heterocycles. The number of fused-ring (bicyclic) bond motifs is 1. The van der Waals surface area contributed by atoms with Gasteiger partial charge in [-0.3, -0.25) is 10.1 Å². The third-order valence-electron chi connectivity index (χ3n) is 4.83. The third kappa shape index (κ3) is 4.13. The summed E-state index contributed by atoms with van der Waals surface area (Å²) in [5.41, 5.74) is 1.79. The average molecular weight is 426 g/mol. The van der Waals surface area contributed by atoms with Crippen LogP contribution in [0.25, 0.3) is 22.7 Å². The topological polar surface area (TPSA) is 104 Å². The summed E-state index contributed by atoms with van der Waals surface area (Å²) in [6.07, 6.45) is 3.36. The molecular formula is C22H26N4O5. The van der Waals surface area contributed by atoms with Gasteiger partial charge in [-0.15, -0.1) is 0 Å². The summed E-state index contributed by atoms with van der Waals surface area (Å²) in [6, 6.07) is 7.81. The molecule has 0 radical (unpaired) electrons. The van der Waals surface area contributed by atoms with Gasteiger partial charge < -0.3 is 29.3 Å². The molecule has 9 heteroatoms. The van der Waals surface area contributed by atoms with E-state index in [-0.39, 0.29) is 22.9 Å². The molecule has 0 aliphatic heterocycles. The van der Waals surface area contributed by atoms with Gasteiger partial charge in [0.05, 0.1) is 28.6 Å². The van der Waals surface area contributed by atoms with E-state index in [0.717, 1.165) is 0 Å². The molecule has 0 bridgehead atoms. The fourth-order valence-electron chi connectivity index (χ4n) is 3.56. The molecule has 31 heavy (non-hydrogen) atoms. The molecule has 164 valence electrons. The lowest BCUT2D eigenvalue weighted by Gasteiger charge is -2.16. The van der Waals surface area contributed by atoms with Gasteiger partial charge in [0, 0.05) is 38.5 Å². The van der Waals surface area contributed by atoms with Gasteiger partial charge in [0.2, 0.25) is 0 Å². The first-order valence-corrected chi connectivity index (χ1v) is 9.56. The molecule has 0 fully saturated rings. The van der Waals surface area contributed by atoms with Gasteiger partial charge in [-0.05, 0) is 44.4 Å². The first-order valence-electron chi connectivity index (χ1n) is 9.56. The average Bonchev–Trinajstić information content (AvgIpc) is 3.02. The predicted molar refractivity (Wildman–Crippen MR) is 120 cm³/mol. The number of phenols is 2. The van der Waals surface area contributed by atoms with Crippen LogP contribution in [-0.4, -0.2) is 64.8 Å². The fourth-order valence-corrected chi connectivity index (χ4v) is 3.56. The van der Waals surface area contributed by atoms with E-state index < -0.39 is 4.92 Å². The van der Waals surface area contributed by atoms with Gasteiger partial charge in [0.15, 0.2) is 11.5 Å². The van der Waals surface area contributed by atoms with Gasteiger partial charge in [-0.1, -0.05) is 0 Å². The summed E-state index contributed by atoms with van der Waals surface area (Å²) in [5.74, 6) is 0.230. The summed E-state index contributed by atoms with van der Waals surface area (Å²) in [4.78, 5) is 15.3. The number of nitro groups is 1. The van der Waals surface area contributed by atoms with E-state index in [0.29, 0.717) is 34.4 Å². The smallest absolute Gasteiger partial charge is 0.302 e. The van der Waals surface area contributed by atoms with Crippen molar-refractivity contribution in [2.75, 3.05) is 35.3 Å². The maximum absolute atomic E-state index is 12.1. The van der Waals surface area contributed by atoms with Gasteiger partial charge in [-0.2, -0.15) is 0 Å². The second-order valence-corrected chi connectivity index (χ2v) is 7.66. The number of phenolic OH excluding ortho intramolecular Hbond substituents is 2. The number of hydrogen-bond donors (Lipinski definition) is 2. The van der Waals surface area contributed by atoms with Crippen molar-refractivity contribution in [2.45, 2.75) is 6.54 Å². The third-order valence-corrected chi connectivity index (χ3v) is 4.83. The lowest BCUT2D eigenvalue weighted by Crippen LogP contribution is -2.12. The molecule has 0 atom stereocenters. The highest BCUT2D eigenvalue weighted by atomic mass is 16.6. The lowest BCUT2D eigenvalue weighted by molar-refractivity contribution is -0.383. The van der Waals surface area contributed by atoms with E-state index in [1.54, 1.807) is 39.9 Å². The highest BCUT2D eigenvalue weighted by molar-refractivity contribution is 5.99. The van der Waals surface area contributed by atoms with E-state index in [1.165, 1.54) is 19.2 Å². The summed E-state index contributed by atoms with van der Waals surface area (Å²) in [5, 5.41) is 33.5. The Morgan fingerprint density at radius 3 is 2.39 bits per heavy atom. The Morgan fingerprint density at radius 1 is 1.13 bits per heavy atom. The second kappa shape index (κ2) is 8.57. The maximum atomic E-state index is 12.1. The van der Waals surface area contributed by atoms with E-state index in [4.69, 9.17) is 4.74 Å². The van der Waals surface area contributed by atoms with Crippen LogP contribution in [0, 0.1) is 10.1 Å². The van der Waals surface area contributed by atoms with E-state index >= 15 is 0 Å². The van der Waals surface area contributed by atoms with Crippen molar-refractivity contribution in [3.05, 3.63) is 57.9 Å². The van der Waals surface area contributed by atoms with Crippen molar-refractivity contribution >= 4 is 22.7 Å². The molecule has 0 saturated carbocycles. The van der Waals surface area contributed by atoms with E-state index in [9.17, 15) is 20.3 Å². The number of nitrogens with zero attached hydrogens (tertiary/aromatic N) is 4.